The van der Waals surface area contributed by atoms with E-state index in [0.717, 1.165) is 18.7 Å². The van der Waals surface area contributed by atoms with E-state index in [4.69, 9.17) is 4.74 Å². The van der Waals surface area contributed by atoms with E-state index in [9.17, 15) is 4.79 Å². The van der Waals surface area contributed by atoms with Gasteiger partial charge in [-0.2, -0.15) is 0 Å². The summed E-state index contributed by atoms with van der Waals surface area (Å²) < 4.78 is 5.73. The molecule has 0 saturated carbocycles. The van der Waals surface area contributed by atoms with Crippen LogP contribution in [0.25, 0.3) is 0 Å². The zero-order valence-corrected chi connectivity index (χ0v) is 14.5. The second kappa shape index (κ2) is 8.62. The van der Waals surface area contributed by atoms with Gasteiger partial charge in [0.05, 0.1) is 0 Å². The molecule has 2 N–H and O–H groups in total. The third-order valence-corrected chi connectivity index (χ3v) is 3.51. The number of benzene rings is 2. The van der Waals surface area contributed by atoms with Crippen LogP contribution in [0, 0.1) is 0 Å². The first kappa shape index (κ1) is 17.4. The minimum absolute atomic E-state index is 0.288. The number of carbonyl (C=O) groups excluding carboxylic acids is 1. The number of nitrogens with zero attached hydrogens (tertiary/aromatic N) is 2. The van der Waals surface area contributed by atoms with Crippen molar-refractivity contribution in [1.82, 2.24) is 9.97 Å². The standard InChI is InChI=1S/C20H20N4O2/c1-2-13-21-20-22-14-12-18(24-20)19(25)23-15-8-10-17(11-9-15)26-16-6-4-3-5-7-16/h3-12,14H,2,13H2,1H3,(H,23,25)(H,21,22,24). The Morgan fingerprint density at radius 1 is 1.00 bits per heavy atom. The van der Waals surface area contributed by atoms with Crippen molar-refractivity contribution in [3.63, 3.8) is 0 Å². The predicted molar refractivity (Wildman–Crippen MR) is 102 cm³/mol. The maximum Gasteiger partial charge on any atom is 0.274 e. The van der Waals surface area contributed by atoms with Crippen molar-refractivity contribution in [3.05, 3.63) is 72.6 Å². The van der Waals surface area contributed by atoms with E-state index in [1.54, 1.807) is 36.5 Å². The Kier molecular flexibility index (Phi) is 5.77. The molecule has 0 saturated heterocycles. The van der Waals surface area contributed by atoms with Crippen molar-refractivity contribution in [2.45, 2.75) is 13.3 Å². The molecule has 0 aliphatic heterocycles. The average Bonchev–Trinajstić information content (AvgIpc) is 2.69. The summed E-state index contributed by atoms with van der Waals surface area (Å²) in [6.45, 7) is 2.81. The van der Waals surface area contributed by atoms with E-state index in [0.29, 0.717) is 23.1 Å². The summed E-state index contributed by atoms with van der Waals surface area (Å²) in [5.41, 5.74) is 0.973. The van der Waals surface area contributed by atoms with E-state index < -0.39 is 0 Å². The lowest BCUT2D eigenvalue weighted by Gasteiger charge is -2.08. The molecule has 0 fully saturated rings. The first-order chi connectivity index (χ1) is 12.7. The predicted octanol–water partition coefficient (Wildman–Crippen LogP) is 4.34. The van der Waals surface area contributed by atoms with E-state index in [1.165, 1.54) is 0 Å². The van der Waals surface area contributed by atoms with Gasteiger partial charge in [-0.15, -0.1) is 0 Å². The number of hydrogen-bond acceptors (Lipinski definition) is 5. The van der Waals surface area contributed by atoms with Gasteiger partial charge in [0.15, 0.2) is 0 Å². The zero-order chi connectivity index (χ0) is 18.2. The molecule has 1 amide bonds. The van der Waals surface area contributed by atoms with Crippen LogP contribution in [0.15, 0.2) is 66.9 Å². The number of aromatic nitrogens is 2. The van der Waals surface area contributed by atoms with Crippen LogP contribution in [0.2, 0.25) is 0 Å². The number of hydrogen-bond donors (Lipinski definition) is 2. The van der Waals surface area contributed by atoms with Crippen molar-refractivity contribution in [2.24, 2.45) is 0 Å². The molecular weight excluding hydrogens is 328 g/mol. The highest BCUT2D eigenvalue weighted by Crippen LogP contribution is 2.22. The van der Waals surface area contributed by atoms with Gasteiger partial charge >= 0.3 is 0 Å². The summed E-state index contributed by atoms with van der Waals surface area (Å²) in [4.78, 5) is 20.7. The van der Waals surface area contributed by atoms with Gasteiger partial charge in [-0.1, -0.05) is 25.1 Å². The van der Waals surface area contributed by atoms with E-state index in [-0.39, 0.29) is 5.91 Å². The maximum absolute atomic E-state index is 12.4. The van der Waals surface area contributed by atoms with Gasteiger partial charge < -0.3 is 15.4 Å². The lowest BCUT2D eigenvalue weighted by atomic mass is 10.3. The van der Waals surface area contributed by atoms with Gasteiger partial charge in [0.25, 0.3) is 5.91 Å². The molecule has 0 spiro atoms. The summed E-state index contributed by atoms with van der Waals surface area (Å²) in [6.07, 6.45) is 2.52. The van der Waals surface area contributed by atoms with Crippen LogP contribution in [-0.4, -0.2) is 22.4 Å². The van der Waals surface area contributed by atoms with Gasteiger partial charge in [-0.25, -0.2) is 9.97 Å². The first-order valence-corrected chi connectivity index (χ1v) is 8.46. The summed E-state index contributed by atoms with van der Waals surface area (Å²) in [7, 11) is 0. The van der Waals surface area contributed by atoms with Crippen LogP contribution in [0.5, 0.6) is 11.5 Å². The number of rotatable bonds is 7. The molecule has 0 unspecified atom stereocenters. The molecule has 2 aromatic carbocycles. The highest BCUT2D eigenvalue weighted by atomic mass is 16.5. The Labute approximate surface area is 152 Å². The largest absolute Gasteiger partial charge is 0.457 e. The van der Waals surface area contributed by atoms with Crippen LogP contribution in [0.4, 0.5) is 11.6 Å². The van der Waals surface area contributed by atoms with E-state index in [1.807, 2.05) is 30.3 Å². The van der Waals surface area contributed by atoms with Gasteiger partial charge in [0.1, 0.15) is 17.2 Å². The second-order valence-electron chi connectivity index (χ2n) is 5.59. The second-order valence-corrected chi connectivity index (χ2v) is 5.59. The summed E-state index contributed by atoms with van der Waals surface area (Å²) >= 11 is 0. The van der Waals surface area contributed by atoms with Gasteiger partial charge in [0.2, 0.25) is 5.95 Å². The smallest absolute Gasteiger partial charge is 0.274 e. The highest BCUT2D eigenvalue weighted by Gasteiger charge is 2.09. The molecule has 0 aliphatic rings. The molecule has 132 valence electrons. The average molecular weight is 348 g/mol. The third-order valence-electron chi connectivity index (χ3n) is 3.51. The summed E-state index contributed by atoms with van der Waals surface area (Å²) in [5, 5.41) is 5.89. The normalized spacial score (nSPS) is 10.2. The van der Waals surface area contributed by atoms with Gasteiger partial charge in [-0.3, -0.25) is 4.79 Å². The van der Waals surface area contributed by atoms with Gasteiger partial charge in [0, 0.05) is 18.4 Å². The number of para-hydroxylation sites is 1. The molecule has 26 heavy (non-hydrogen) atoms. The molecule has 6 nitrogen and oxygen atoms in total. The van der Waals surface area contributed by atoms with Crippen LogP contribution in [-0.2, 0) is 0 Å². The molecule has 0 aliphatic carbocycles. The quantitative estimate of drug-likeness (QED) is 0.664. The molecule has 3 rings (SSSR count). The Balaban J connectivity index is 1.62. The van der Waals surface area contributed by atoms with Crippen molar-refractivity contribution in [2.75, 3.05) is 17.2 Å². The Hall–Kier alpha value is -3.41. The molecular formula is C20H20N4O2. The molecule has 0 atom stereocenters. The number of amides is 1. The van der Waals surface area contributed by atoms with Crippen LogP contribution >= 0.6 is 0 Å². The molecule has 0 radical (unpaired) electrons. The molecule has 1 heterocycles. The highest BCUT2D eigenvalue weighted by molar-refractivity contribution is 6.02. The fraction of sp³-hybridized carbons (Fsp3) is 0.150. The van der Waals surface area contributed by atoms with Gasteiger partial charge in [-0.05, 0) is 48.9 Å². The van der Waals surface area contributed by atoms with Crippen LogP contribution in [0.3, 0.4) is 0 Å². The minimum atomic E-state index is -0.288. The van der Waals surface area contributed by atoms with E-state index >= 15 is 0 Å². The molecule has 6 heteroatoms. The number of ether oxygens (including phenoxy) is 1. The minimum Gasteiger partial charge on any atom is -0.457 e. The fourth-order valence-corrected chi connectivity index (χ4v) is 2.23. The van der Waals surface area contributed by atoms with Crippen LogP contribution < -0.4 is 15.4 Å². The molecule has 3 aromatic rings. The Morgan fingerprint density at radius 3 is 2.46 bits per heavy atom. The lowest BCUT2D eigenvalue weighted by Crippen LogP contribution is -2.15. The van der Waals surface area contributed by atoms with Crippen molar-refractivity contribution < 1.29 is 9.53 Å². The Morgan fingerprint density at radius 2 is 1.73 bits per heavy atom. The molecule has 1 aromatic heterocycles. The Bertz CT molecular complexity index is 851. The van der Waals surface area contributed by atoms with Crippen molar-refractivity contribution in [3.8, 4) is 11.5 Å². The summed E-state index contributed by atoms with van der Waals surface area (Å²) in [5.74, 6) is 1.62. The van der Waals surface area contributed by atoms with Crippen molar-refractivity contribution in [1.29, 1.82) is 0 Å². The SMILES string of the molecule is CCCNc1nccc(C(=O)Nc2ccc(Oc3ccccc3)cc2)n1. The van der Waals surface area contributed by atoms with Crippen LogP contribution in [0.1, 0.15) is 23.8 Å². The fourth-order valence-electron chi connectivity index (χ4n) is 2.23. The number of carbonyl (C=O) groups is 1. The lowest BCUT2D eigenvalue weighted by molar-refractivity contribution is 0.102. The summed E-state index contributed by atoms with van der Waals surface area (Å²) in [6, 6.07) is 18.3. The number of nitrogens with one attached hydrogen (secondary N) is 2. The molecule has 0 bridgehead atoms. The first-order valence-electron chi connectivity index (χ1n) is 8.46. The maximum atomic E-state index is 12.4. The van der Waals surface area contributed by atoms with E-state index in [2.05, 4.69) is 27.5 Å². The third kappa shape index (κ3) is 4.80. The zero-order valence-electron chi connectivity index (χ0n) is 14.5. The van der Waals surface area contributed by atoms with Crippen molar-refractivity contribution >= 4 is 17.5 Å². The topological polar surface area (TPSA) is 76.1 Å². The number of anilines is 2. The monoisotopic (exact) mass is 348 g/mol.